The average molecular weight is 364 g/mol. The Bertz CT molecular complexity index is 840. The largest absolute Gasteiger partial charge is 0.322 e. The molecule has 1 unspecified atom stereocenters. The lowest BCUT2D eigenvalue weighted by molar-refractivity contribution is -0.119. The topological polar surface area (TPSA) is 64.7 Å². The number of nitrogens with one attached hydrogen (secondary N) is 1. The zero-order valence-corrected chi connectivity index (χ0v) is 14.4. The fourth-order valence-electron chi connectivity index (χ4n) is 2.18. The smallest absolute Gasteiger partial charge is 0.249 e. The molecule has 8 heteroatoms. The van der Waals surface area contributed by atoms with E-state index in [4.69, 9.17) is 23.2 Å². The van der Waals surface area contributed by atoms with Crippen LogP contribution in [-0.2, 0) is 11.3 Å². The molecule has 1 N–H and O–H groups in total. The van der Waals surface area contributed by atoms with Crippen molar-refractivity contribution >= 4 is 34.8 Å². The first-order valence-electron chi connectivity index (χ1n) is 7.28. The molecule has 0 aliphatic heterocycles. The number of hydrogen-bond donors (Lipinski definition) is 1. The number of aromatic nitrogens is 4. The van der Waals surface area contributed by atoms with E-state index in [0.29, 0.717) is 22.3 Å². The van der Waals surface area contributed by atoms with Gasteiger partial charge in [0.15, 0.2) is 0 Å². The normalized spacial score (nSPS) is 12.1. The van der Waals surface area contributed by atoms with Crippen molar-refractivity contribution in [3.05, 3.63) is 64.7 Å². The first-order valence-corrected chi connectivity index (χ1v) is 8.04. The van der Waals surface area contributed by atoms with Crippen LogP contribution >= 0.6 is 23.2 Å². The summed E-state index contributed by atoms with van der Waals surface area (Å²) >= 11 is 11.7. The minimum absolute atomic E-state index is 0.194. The van der Waals surface area contributed by atoms with Crippen LogP contribution in [0, 0.1) is 0 Å². The van der Waals surface area contributed by atoms with Gasteiger partial charge >= 0.3 is 0 Å². The number of anilines is 1. The highest BCUT2D eigenvalue weighted by atomic mass is 35.5. The lowest BCUT2D eigenvalue weighted by atomic mass is 10.2. The predicted molar refractivity (Wildman–Crippen MR) is 93.4 cm³/mol. The molecule has 0 fully saturated rings. The van der Waals surface area contributed by atoms with Crippen molar-refractivity contribution in [3.63, 3.8) is 0 Å². The Morgan fingerprint density at radius 2 is 1.88 bits per heavy atom. The van der Waals surface area contributed by atoms with Crippen LogP contribution in [0.1, 0.15) is 18.5 Å². The molecule has 0 saturated carbocycles. The summed E-state index contributed by atoms with van der Waals surface area (Å²) in [4.78, 5) is 12.3. The van der Waals surface area contributed by atoms with Crippen LogP contribution in [0.25, 0.3) is 0 Å². The molecule has 0 aliphatic rings. The fraction of sp³-hybridized carbons (Fsp3) is 0.188. The monoisotopic (exact) mass is 363 g/mol. The maximum atomic E-state index is 12.3. The molecule has 2 heterocycles. The number of halogens is 2. The first-order chi connectivity index (χ1) is 11.5. The molecule has 124 valence electrons. The SMILES string of the molecule is CC(C(=O)Nc1cnn(Cc2ccc(Cl)cc2)c1)n1cc(Cl)cn1. The summed E-state index contributed by atoms with van der Waals surface area (Å²) in [6.45, 7) is 2.34. The van der Waals surface area contributed by atoms with Gasteiger partial charge in [-0.05, 0) is 24.6 Å². The molecule has 24 heavy (non-hydrogen) atoms. The van der Waals surface area contributed by atoms with Crippen LogP contribution < -0.4 is 5.32 Å². The second-order valence-corrected chi connectivity index (χ2v) is 6.23. The molecule has 0 bridgehead atoms. The number of nitrogens with zero attached hydrogens (tertiary/aromatic N) is 4. The molecule has 3 aromatic rings. The summed E-state index contributed by atoms with van der Waals surface area (Å²) in [5, 5.41) is 12.3. The number of carbonyl (C=O) groups excluding carboxylic acids is 1. The van der Waals surface area contributed by atoms with E-state index >= 15 is 0 Å². The molecule has 0 radical (unpaired) electrons. The summed E-state index contributed by atoms with van der Waals surface area (Å²) in [6, 6.07) is 7.06. The van der Waals surface area contributed by atoms with Crippen LogP contribution in [0.15, 0.2) is 49.1 Å². The van der Waals surface area contributed by atoms with Gasteiger partial charge < -0.3 is 5.32 Å². The van der Waals surface area contributed by atoms with E-state index in [1.807, 2.05) is 24.3 Å². The van der Waals surface area contributed by atoms with Crippen LogP contribution in [0.3, 0.4) is 0 Å². The number of rotatable bonds is 5. The van der Waals surface area contributed by atoms with Gasteiger partial charge in [0, 0.05) is 17.4 Å². The second-order valence-electron chi connectivity index (χ2n) is 5.36. The molecule has 1 atom stereocenters. The van der Waals surface area contributed by atoms with Crippen LogP contribution in [-0.4, -0.2) is 25.5 Å². The van der Waals surface area contributed by atoms with Crippen molar-refractivity contribution in [2.24, 2.45) is 0 Å². The number of amides is 1. The van der Waals surface area contributed by atoms with E-state index in [9.17, 15) is 4.79 Å². The van der Waals surface area contributed by atoms with Gasteiger partial charge in [-0.1, -0.05) is 35.3 Å². The highest BCUT2D eigenvalue weighted by Gasteiger charge is 2.16. The van der Waals surface area contributed by atoms with Crippen LogP contribution in [0.4, 0.5) is 5.69 Å². The van der Waals surface area contributed by atoms with Crippen molar-refractivity contribution < 1.29 is 4.79 Å². The van der Waals surface area contributed by atoms with Gasteiger partial charge in [0.1, 0.15) is 6.04 Å². The lowest BCUT2D eigenvalue weighted by Crippen LogP contribution is -2.23. The van der Waals surface area contributed by atoms with E-state index in [1.54, 1.807) is 30.2 Å². The molecule has 1 aromatic carbocycles. The molecule has 0 spiro atoms. The Morgan fingerprint density at radius 3 is 2.54 bits per heavy atom. The number of benzene rings is 1. The Labute approximate surface area is 149 Å². The fourth-order valence-corrected chi connectivity index (χ4v) is 2.45. The minimum Gasteiger partial charge on any atom is -0.322 e. The molecule has 1 amide bonds. The zero-order valence-electron chi connectivity index (χ0n) is 12.9. The molecular weight excluding hydrogens is 349 g/mol. The Kier molecular flexibility index (Phi) is 4.87. The molecule has 0 saturated heterocycles. The standard InChI is InChI=1S/C16H15Cl2N5O/c1-11(23-9-14(18)6-20-23)16(24)21-15-7-19-22(10-15)8-12-2-4-13(17)5-3-12/h2-7,9-11H,8H2,1H3,(H,21,24). The second kappa shape index (κ2) is 7.07. The van der Waals surface area contributed by atoms with Gasteiger partial charge in [0.25, 0.3) is 0 Å². The third-order valence-corrected chi connectivity index (χ3v) is 3.95. The highest BCUT2D eigenvalue weighted by Crippen LogP contribution is 2.15. The maximum absolute atomic E-state index is 12.3. The van der Waals surface area contributed by atoms with Gasteiger partial charge in [0.2, 0.25) is 5.91 Å². The maximum Gasteiger partial charge on any atom is 0.249 e. The predicted octanol–water partition coefficient (Wildman–Crippen LogP) is 3.63. The Balaban J connectivity index is 1.63. The first kappa shape index (κ1) is 16.5. The molecule has 6 nitrogen and oxygen atoms in total. The van der Waals surface area contributed by atoms with Crippen molar-refractivity contribution in [2.45, 2.75) is 19.5 Å². The van der Waals surface area contributed by atoms with Gasteiger partial charge in [-0.15, -0.1) is 0 Å². The van der Waals surface area contributed by atoms with Gasteiger partial charge in [-0.25, -0.2) is 0 Å². The number of carbonyl (C=O) groups is 1. The van der Waals surface area contributed by atoms with E-state index in [1.165, 1.54) is 10.9 Å². The Morgan fingerprint density at radius 1 is 1.12 bits per heavy atom. The summed E-state index contributed by atoms with van der Waals surface area (Å²) in [7, 11) is 0. The van der Waals surface area contributed by atoms with Gasteiger partial charge in [-0.3, -0.25) is 14.2 Å². The van der Waals surface area contributed by atoms with Gasteiger partial charge in [0.05, 0.1) is 29.6 Å². The van der Waals surface area contributed by atoms with E-state index in [-0.39, 0.29) is 5.91 Å². The summed E-state index contributed by atoms with van der Waals surface area (Å²) in [5.74, 6) is -0.194. The summed E-state index contributed by atoms with van der Waals surface area (Å²) in [6.07, 6.45) is 6.48. The third kappa shape index (κ3) is 3.96. The number of hydrogen-bond acceptors (Lipinski definition) is 3. The van der Waals surface area contributed by atoms with Crippen molar-refractivity contribution in [1.82, 2.24) is 19.6 Å². The van der Waals surface area contributed by atoms with Gasteiger partial charge in [-0.2, -0.15) is 10.2 Å². The van der Waals surface area contributed by atoms with E-state index < -0.39 is 6.04 Å². The third-order valence-electron chi connectivity index (χ3n) is 3.50. The van der Waals surface area contributed by atoms with E-state index in [2.05, 4.69) is 15.5 Å². The lowest BCUT2D eigenvalue weighted by Gasteiger charge is -2.11. The summed E-state index contributed by atoms with van der Waals surface area (Å²) < 4.78 is 3.25. The van der Waals surface area contributed by atoms with E-state index in [0.717, 1.165) is 5.56 Å². The Hall–Kier alpha value is -2.31. The summed E-state index contributed by atoms with van der Waals surface area (Å²) in [5.41, 5.74) is 1.69. The van der Waals surface area contributed by atoms with Crippen molar-refractivity contribution in [3.8, 4) is 0 Å². The van der Waals surface area contributed by atoms with Crippen molar-refractivity contribution in [1.29, 1.82) is 0 Å². The average Bonchev–Trinajstić information content (AvgIpc) is 3.18. The molecular formula is C16H15Cl2N5O. The zero-order chi connectivity index (χ0) is 17.1. The molecule has 0 aliphatic carbocycles. The van der Waals surface area contributed by atoms with Crippen molar-refractivity contribution in [2.75, 3.05) is 5.32 Å². The minimum atomic E-state index is -0.475. The van der Waals surface area contributed by atoms with Crippen LogP contribution in [0.5, 0.6) is 0 Å². The highest BCUT2D eigenvalue weighted by molar-refractivity contribution is 6.30. The molecule has 3 rings (SSSR count). The quantitative estimate of drug-likeness (QED) is 0.752. The molecule has 2 aromatic heterocycles. The van der Waals surface area contributed by atoms with Crippen LogP contribution in [0.2, 0.25) is 10.0 Å².